The van der Waals surface area contributed by atoms with Gasteiger partial charge in [0.05, 0.1) is 10.7 Å². The van der Waals surface area contributed by atoms with Gasteiger partial charge in [-0.3, -0.25) is 4.79 Å². The van der Waals surface area contributed by atoms with E-state index in [1.807, 2.05) is 37.3 Å². The van der Waals surface area contributed by atoms with Gasteiger partial charge in [0.15, 0.2) is 0 Å². The molecule has 4 rings (SSSR count). The van der Waals surface area contributed by atoms with Crippen LogP contribution in [0.1, 0.15) is 48.2 Å². The van der Waals surface area contributed by atoms with Crippen LogP contribution in [-0.2, 0) is 4.79 Å². The first-order chi connectivity index (χ1) is 19.1. The van der Waals surface area contributed by atoms with Crippen LogP contribution in [0.25, 0.3) is 22.4 Å². The number of benzene rings is 2. The molecule has 7 nitrogen and oxygen atoms in total. The van der Waals surface area contributed by atoms with Gasteiger partial charge in [-0.05, 0) is 69.3 Å². The van der Waals surface area contributed by atoms with Crippen LogP contribution in [0.15, 0.2) is 54.6 Å². The number of aryl methyl sites for hydroxylation is 1. The molecule has 0 spiro atoms. The van der Waals surface area contributed by atoms with Crippen LogP contribution in [-0.4, -0.2) is 65.8 Å². The molecule has 1 atom stereocenters. The minimum absolute atomic E-state index is 0. The van der Waals surface area contributed by atoms with Crippen LogP contribution < -0.4 is 10.1 Å². The zero-order valence-corrected chi connectivity index (χ0v) is 25.0. The van der Waals surface area contributed by atoms with Crippen LogP contribution in [0.3, 0.4) is 0 Å². The number of rotatable bonds is 10. The molecular formula is C31H36Cl2FN3O4. The number of nitrogens with zero attached hydrogens (tertiary/aromatic N) is 2. The third-order valence-electron chi connectivity index (χ3n) is 7.22. The van der Waals surface area contributed by atoms with Crippen molar-refractivity contribution >= 4 is 35.9 Å². The Labute approximate surface area is 251 Å². The topological polar surface area (TPSA) is 91.8 Å². The highest BCUT2D eigenvalue weighted by Crippen LogP contribution is 2.37. The fourth-order valence-corrected chi connectivity index (χ4v) is 5.29. The van der Waals surface area contributed by atoms with E-state index in [4.69, 9.17) is 21.3 Å². The number of aliphatic carboxylic acids is 1. The van der Waals surface area contributed by atoms with E-state index in [9.17, 15) is 19.1 Å². The van der Waals surface area contributed by atoms with E-state index >= 15 is 0 Å². The second kappa shape index (κ2) is 14.1. The average Bonchev–Trinajstić information content (AvgIpc) is 2.92. The number of carboxylic acids is 1. The number of carbonyl (C=O) groups is 2. The molecule has 0 saturated heterocycles. The summed E-state index contributed by atoms with van der Waals surface area (Å²) in [5.41, 5.74) is 2.66. The maximum absolute atomic E-state index is 14.3. The minimum Gasteiger partial charge on any atom is -0.489 e. The normalized spacial score (nSPS) is 15.1. The smallest absolute Gasteiger partial charge is 0.329 e. The number of carbonyl (C=O) groups excluding carboxylic acids is 1. The lowest BCUT2D eigenvalue weighted by Crippen LogP contribution is -2.55. The molecule has 1 heterocycles. The number of hydrogen-bond acceptors (Lipinski definition) is 5. The second-order valence-electron chi connectivity index (χ2n) is 10.6. The van der Waals surface area contributed by atoms with Crippen molar-refractivity contribution in [1.29, 1.82) is 0 Å². The number of ether oxygens (including phenoxy) is 1. The first-order valence-electron chi connectivity index (χ1n) is 13.4. The number of halogens is 3. The van der Waals surface area contributed by atoms with Gasteiger partial charge in [0, 0.05) is 17.7 Å². The Morgan fingerprint density at radius 2 is 1.80 bits per heavy atom. The molecule has 220 valence electrons. The van der Waals surface area contributed by atoms with E-state index in [0.29, 0.717) is 34.9 Å². The maximum Gasteiger partial charge on any atom is 0.329 e. The van der Waals surface area contributed by atoms with Gasteiger partial charge in [-0.2, -0.15) is 0 Å². The summed E-state index contributed by atoms with van der Waals surface area (Å²) in [5, 5.41) is 13.0. The van der Waals surface area contributed by atoms with Crippen molar-refractivity contribution < 1.29 is 23.8 Å². The second-order valence-corrected chi connectivity index (χ2v) is 11.0. The molecule has 2 aromatic carbocycles. The van der Waals surface area contributed by atoms with Crippen LogP contribution in [0.2, 0.25) is 5.02 Å². The van der Waals surface area contributed by atoms with Gasteiger partial charge in [-0.15, -0.1) is 12.4 Å². The Morgan fingerprint density at radius 1 is 1.10 bits per heavy atom. The zero-order valence-electron chi connectivity index (χ0n) is 23.5. The Morgan fingerprint density at radius 3 is 2.46 bits per heavy atom. The van der Waals surface area contributed by atoms with Crippen molar-refractivity contribution in [3.05, 3.63) is 70.9 Å². The highest BCUT2D eigenvalue weighted by molar-refractivity contribution is 6.32. The number of alkyl halides is 1. The third-order valence-corrected chi connectivity index (χ3v) is 7.53. The summed E-state index contributed by atoms with van der Waals surface area (Å²) in [4.78, 5) is 32.0. The summed E-state index contributed by atoms with van der Waals surface area (Å²) in [6.07, 6.45) is 1.97. The van der Waals surface area contributed by atoms with Gasteiger partial charge >= 0.3 is 5.97 Å². The summed E-state index contributed by atoms with van der Waals surface area (Å²) in [7, 11) is 3.57. The van der Waals surface area contributed by atoms with Gasteiger partial charge < -0.3 is 20.1 Å². The van der Waals surface area contributed by atoms with Crippen molar-refractivity contribution in [2.45, 2.75) is 50.7 Å². The van der Waals surface area contributed by atoms with Gasteiger partial charge in [-0.1, -0.05) is 61.2 Å². The number of carboxylic acid groups (broad SMARTS) is 1. The third kappa shape index (κ3) is 7.76. The maximum atomic E-state index is 14.3. The largest absolute Gasteiger partial charge is 0.489 e. The van der Waals surface area contributed by atoms with Crippen molar-refractivity contribution in [3.8, 4) is 28.1 Å². The molecule has 41 heavy (non-hydrogen) atoms. The molecule has 1 aliphatic carbocycles. The molecule has 2 N–H and O–H groups in total. The fraction of sp³-hybridized carbons (Fsp3) is 0.387. The summed E-state index contributed by atoms with van der Waals surface area (Å²) >= 11 is 6.39. The van der Waals surface area contributed by atoms with Gasteiger partial charge in [0.1, 0.15) is 29.8 Å². The van der Waals surface area contributed by atoms with E-state index < -0.39 is 23.6 Å². The number of nitrogens with one attached hydrogen (secondary N) is 1. The number of pyridine rings is 1. The predicted molar refractivity (Wildman–Crippen MR) is 162 cm³/mol. The molecule has 0 radical (unpaired) electrons. The van der Waals surface area contributed by atoms with Crippen molar-refractivity contribution in [1.82, 2.24) is 15.2 Å². The minimum atomic E-state index is -1.30. The lowest BCUT2D eigenvalue weighted by Gasteiger charge is -2.33. The number of hydrogen-bond donors (Lipinski definition) is 2. The number of amides is 1. The van der Waals surface area contributed by atoms with Crippen molar-refractivity contribution in [3.63, 3.8) is 0 Å². The lowest BCUT2D eigenvalue weighted by molar-refractivity contribution is -0.145. The molecule has 1 amide bonds. The summed E-state index contributed by atoms with van der Waals surface area (Å²) < 4.78 is 20.1. The highest BCUT2D eigenvalue weighted by atomic mass is 35.5. The lowest BCUT2D eigenvalue weighted by atomic mass is 9.81. The molecule has 0 bridgehead atoms. The SMILES string of the molecule is Cc1ccccc1-c1ccc(C(=O)NC2(C(=O)O)CCCCC2)nc1-c1ccc(Cl)c(OCC(F)CN(C)C)c1.Cl. The summed E-state index contributed by atoms with van der Waals surface area (Å²) in [6, 6.07) is 16.4. The molecular weight excluding hydrogens is 568 g/mol. The van der Waals surface area contributed by atoms with Crippen LogP contribution in [0.5, 0.6) is 5.75 Å². The first-order valence-corrected chi connectivity index (χ1v) is 13.8. The molecule has 3 aromatic rings. The molecule has 1 unspecified atom stereocenters. The van der Waals surface area contributed by atoms with Gasteiger partial charge in [0.25, 0.3) is 5.91 Å². The van der Waals surface area contributed by atoms with E-state index in [1.54, 1.807) is 43.3 Å². The molecule has 1 fully saturated rings. The zero-order chi connectivity index (χ0) is 28.9. The standard InChI is InChI=1S/C31H35ClFN3O4.ClH/c1-20-9-5-6-10-23(20)24-12-14-26(29(37)35-31(30(38)39)15-7-4-8-16-31)34-28(24)21-11-13-25(32)27(17-21)40-19-22(33)18-36(2)3;/h5-6,9-14,17,22H,4,7-8,15-16,18-19H2,1-3H3,(H,35,37)(H,38,39);1H. The highest BCUT2D eigenvalue weighted by Gasteiger charge is 2.41. The Balaban J connectivity index is 0.00000462. The predicted octanol–water partition coefficient (Wildman–Crippen LogP) is 6.60. The number of aromatic nitrogens is 1. The fourth-order valence-electron chi connectivity index (χ4n) is 5.12. The van der Waals surface area contributed by atoms with E-state index in [2.05, 4.69) is 5.32 Å². The van der Waals surface area contributed by atoms with Crippen LogP contribution in [0.4, 0.5) is 4.39 Å². The average molecular weight is 605 g/mol. The van der Waals surface area contributed by atoms with Crippen molar-refractivity contribution in [2.75, 3.05) is 27.2 Å². The molecule has 10 heteroatoms. The van der Waals surface area contributed by atoms with Gasteiger partial charge in [-0.25, -0.2) is 14.2 Å². The van der Waals surface area contributed by atoms with Crippen molar-refractivity contribution in [2.24, 2.45) is 0 Å². The quantitative estimate of drug-likeness (QED) is 0.271. The Hall–Kier alpha value is -3.20. The first kappa shape index (κ1) is 32.3. The molecule has 1 aromatic heterocycles. The molecule has 0 aliphatic heterocycles. The van der Waals surface area contributed by atoms with E-state index in [-0.39, 0.29) is 31.3 Å². The summed E-state index contributed by atoms with van der Waals surface area (Å²) in [5.74, 6) is -1.27. The van der Waals surface area contributed by atoms with Gasteiger partial charge in [0.2, 0.25) is 0 Å². The van der Waals surface area contributed by atoms with E-state index in [0.717, 1.165) is 36.0 Å². The van der Waals surface area contributed by atoms with Crippen LogP contribution in [0, 0.1) is 6.92 Å². The van der Waals surface area contributed by atoms with Crippen LogP contribution >= 0.6 is 24.0 Å². The molecule has 1 aliphatic rings. The van der Waals surface area contributed by atoms with E-state index in [1.165, 1.54) is 0 Å². The Bertz CT molecular complexity index is 1380. The monoisotopic (exact) mass is 603 g/mol. The Kier molecular flexibility index (Phi) is 11.1. The molecule has 1 saturated carbocycles. The summed E-state index contributed by atoms with van der Waals surface area (Å²) in [6.45, 7) is 2.03.